The molecular formula is C14H14N4O. The fourth-order valence-electron chi connectivity index (χ4n) is 1.61. The first kappa shape index (κ1) is 12.8. The highest BCUT2D eigenvalue weighted by atomic mass is 16.1. The molecule has 0 saturated heterocycles. The molecule has 2 rings (SSSR count). The molecule has 0 aliphatic rings. The Morgan fingerprint density at radius 2 is 2.21 bits per heavy atom. The third kappa shape index (κ3) is 2.99. The van der Waals surface area contributed by atoms with Gasteiger partial charge in [0.05, 0.1) is 11.6 Å². The Balaban J connectivity index is 2.14. The van der Waals surface area contributed by atoms with E-state index in [2.05, 4.69) is 15.5 Å². The van der Waals surface area contributed by atoms with Gasteiger partial charge < -0.3 is 5.32 Å². The van der Waals surface area contributed by atoms with Crippen LogP contribution in [-0.4, -0.2) is 16.1 Å². The Hall–Kier alpha value is -2.61. The van der Waals surface area contributed by atoms with Crippen molar-refractivity contribution in [2.24, 2.45) is 0 Å². The van der Waals surface area contributed by atoms with Crippen molar-refractivity contribution in [2.45, 2.75) is 19.8 Å². The molecule has 5 heteroatoms. The van der Waals surface area contributed by atoms with Gasteiger partial charge in [-0.2, -0.15) is 10.4 Å². The molecule has 1 aromatic carbocycles. The fourth-order valence-corrected chi connectivity index (χ4v) is 1.61. The summed E-state index contributed by atoms with van der Waals surface area (Å²) in [6, 6.07) is 10.3. The summed E-state index contributed by atoms with van der Waals surface area (Å²) in [6.07, 6.45) is 0. The maximum Gasteiger partial charge on any atom is 0.256 e. The summed E-state index contributed by atoms with van der Waals surface area (Å²) in [5.74, 6) is 0.523. The van der Waals surface area contributed by atoms with Crippen LogP contribution in [0.3, 0.4) is 0 Å². The van der Waals surface area contributed by atoms with Crippen LogP contribution in [0.25, 0.3) is 0 Å². The number of hydrogen-bond acceptors (Lipinski definition) is 3. The van der Waals surface area contributed by atoms with Gasteiger partial charge in [-0.1, -0.05) is 19.9 Å². The van der Waals surface area contributed by atoms with E-state index in [0.717, 1.165) is 5.69 Å². The van der Waals surface area contributed by atoms with E-state index in [9.17, 15) is 4.79 Å². The van der Waals surface area contributed by atoms with Gasteiger partial charge in [0, 0.05) is 17.3 Å². The summed E-state index contributed by atoms with van der Waals surface area (Å²) in [5, 5.41) is 18.4. The van der Waals surface area contributed by atoms with Crippen LogP contribution in [0.4, 0.5) is 5.82 Å². The molecule has 1 aromatic heterocycles. The summed E-state index contributed by atoms with van der Waals surface area (Å²) in [6.45, 7) is 4.07. The van der Waals surface area contributed by atoms with Crippen molar-refractivity contribution in [1.29, 1.82) is 5.26 Å². The zero-order valence-corrected chi connectivity index (χ0v) is 10.8. The summed E-state index contributed by atoms with van der Waals surface area (Å²) in [7, 11) is 0. The molecule has 19 heavy (non-hydrogen) atoms. The van der Waals surface area contributed by atoms with Crippen LogP contribution in [0.5, 0.6) is 0 Å². The van der Waals surface area contributed by atoms with Crippen molar-refractivity contribution in [1.82, 2.24) is 10.2 Å². The molecule has 5 nitrogen and oxygen atoms in total. The van der Waals surface area contributed by atoms with Gasteiger partial charge in [0.2, 0.25) is 0 Å². The highest BCUT2D eigenvalue weighted by Gasteiger charge is 2.10. The van der Waals surface area contributed by atoms with Gasteiger partial charge in [0.15, 0.2) is 5.82 Å². The quantitative estimate of drug-likeness (QED) is 0.883. The summed E-state index contributed by atoms with van der Waals surface area (Å²) in [5.41, 5.74) is 1.85. The van der Waals surface area contributed by atoms with E-state index >= 15 is 0 Å². The SMILES string of the molecule is CC(C)c1cc(NC(=O)c2cccc(C#N)c2)n[nH]1. The van der Waals surface area contributed by atoms with Crippen LogP contribution in [0.15, 0.2) is 30.3 Å². The number of nitrogens with zero attached hydrogens (tertiary/aromatic N) is 2. The minimum absolute atomic E-state index is 0.279. The molecule has 0 aliphatic carbocycles. The van der Waals surface area contributed by atoms with E-state index in [0.29, 0.717) is 22.9 Å². The second kappa shape index (κ2) is 5.36. The van der Waals surface area contributed by atoms with Gasteiger partial charge in [-0.3, -0.25) is 9.89 Å². The van der Waals surface area contributed by atoms with Crippen LogP contribution >= 0.6 is 0 Å². The molecule has 96 valence electrons. The average molecular weight is 254 g/mol. The number of carbonyl (C=O) groups is 1. The topological polar surface area (TPSA) is 81.6 Å². The Morgan fingerprint density at radius 1 is 1.42 bits per heavy atom. The number of H-pyrrole nitrogens is 1. The molecule has 0 bridgehead atoms. The van der Waals surface area contributed by atoms with Gasteiger partial charge >= 0.3 is 0 Å². The van der Waals surface area contributed by atoms with Crippen molar-refractivity contribution in [3.63, 3.8) is 0 Å². The van der Waals surface area contributed by atoms with Crippen molar-refractivity contribution in [3.8, 4) is 6.07 Å². The van der Waals surface area contributed by atoms with E-state index in [1.54, 1.807) is 30.3 Å². The van der Waals surface area contributed by atoms with Crippen LogP contribution in [0.2, 0.25) is 0 Å². The van der Waals surface area contributed by atoms with Crippen LogP contribution in [0, 0.1) is 11.3 Å². The van der Waals surface area contributed by atoms with Crippen molar-refractivity contribution < 1.29 is 4.79 Å². The molecule has 0 aliphatic heterocycles. The number of aromatic amines is 1. The molecule has 0 radical (unpaired) electrons. The first-order valence-electron chi connectivity index (χ1n) is 5.97. The van der Waals surface area contributed by atoms with Gasteiger partial charge in [0.1, 0.15) is 0 Å². The number of amides is 1. The predicted molar refractivity (Wildman–Crippen MR) is 71.8 cm³/mol. The Morgan fingerprint density at radius 3 is 2.84 bits per heavy atom. The standard InChI is InChI=1S/C14H14N4O/c1-9(2)12-7-13(18-17-12)16-14(19)11-5-3-4-10(6-11)8-15/h3-7,9H,1-2H3,(H2,16,17,18,19). The molecule has 0 saturated carbocycles. The lowest BCUT2D eigenvalue weighted by Gasteiger charge is -2.01. The minimum Gasteiger partial charge on any atom is -0.305 e. The Kier molecular flexibility index (Phi) is 3.62. The Labute approximate surface area is 111 Å². The van der Waals surface area contributed by atoms with Crippen molar-refractivity contribution >= 4 is 11.7 Å². The van der Waals surface area contributed by atoms with E-state index in [4.69, 9.17) is 5.26 Å². The van der Waals surface area contributed by atoms with Crippen LogP contribution in [0.1, 0.15) is 41.4 Å². The molecule has 2 aromatic rings. The average Bonchev–Trinajstić information content (AvgIpc) is 2.87. The highest BCUT2D eigenvalue weighted by Crippen LogP contribution is 2.15. The van der Waals surface area contributed by atoms with Crippen LogP contribution in [-0.2, 0) is 0 Å². The third-order valence-electron chi connectivity index (χ3n) is 2.72. The van der Waals surface area contributed by atoms with Gasteiger partial charge in [-0.05, 0) is 24.1 Å². The van der Waals surface area contributed by atoms with Crippen LogP contribution < -0.4 is 5.32 Å². The highest BCUT2D eigenvalue weighted by molar-refractivity contribution is 6.03. The Bertz CT molecular complexity index is 637. The molecule has 1 amide bonds. The molecular weight excluding hydrogens is 240 g/mol. The predicted octanol–water partition coefficient (Wildman–Crippen LogP) is 2.66. The van der Waals surface area contributed by atoms with E-state index < -0.39 is 0 Å². The third-order valence-corrected chi connectivity index (χ3v) is 2.72. The number of aromatic nitrogens is 2. The molecule has 1 heterocycles. The number of nitrogens with one attached hydrogen (secondary N) is 2. The van der Waals surface area contributed by atoms with Crippen molar-refractivity contribution in [3.05, 3.63) is 47.2 Å². The molecule has 0 spiro atoms. The lowest BCUT2D eigenvalue weighted by molar-refractivity contribution is 0.102. The molecule has 0 atom stereocenters. The smallest absolute Gasteiger partial charge is 0.256 e. The zero-order valence-electron chi connectivity index (χ0n) is 10.8. The maximum absolute atomic E-state index is 12.0. The first-order valence-corrected chi connectivity index (χ1v) is 5.97. The zero-order chi connectivity index (χ0) is 13.8. The normalized spacial score (nSPS) is 10.2. The second-order valence-corrected chi connectivity index (χ2v) is 4.51. The largest absolute Gasteiger partial charge is 0.305 e. The monoisotopic (exact) mass is 254 g/mol. The van der Waals surface area contributed by atoms with Gasteiger partial charge in [-0.15, -0.1) is 0 Å². The number of anilines is 1. The molecule has 2 N–H and O–H groups in total. The fraction of sp³-hybridized carbons (Fsp3) is 0.214. The van der Waals surface area contributed by atoms with Gasteiger partial charge in [0.25, 0.3) is 5.91 Å². The summed E-state index contributed by atoms with van der Waals surface area (Å²) < 4.78 is 0. The van der Waals surface area contributed by atoms with E-state index in [1.807, 2.05) is 19.9 Å². The minimum atomic E-state index is -0.279. The number of carbonyl (C=O) groups excluding carboxylic acids is 1. The number of hydrogen-bond donors (Lipinski definition) is 2. The maximum atomic E-state index is 12.0. The first-order chi connectivity index (χ1) is 9.10. The second-order valence-electron chi connectivity index (χ2n) is 4.51. The van der Waals surface area contributed by atoms with Gasteiger partial charge in [-0.25, -0.2) is 0 Å². The van der Waals surface area contributed by atoms with E-state index in [-0.39, 0.29) is 5.91 Å². The van der Waals surface area contributed by atoms with E-state index in [1.165, 1.54) is 0 Å². The number of nitriles is 1. The summed E-state index contributed by atoms with van der Waals surface area (Å²) >= 11 is 0. The number of benzene rings is 1. The molecule has 0 unspecified atom stereocenters. The molecule has 0 fully saturated rings. The lowest BCUT2D eigenvalue weighted by Crippen LogP contribution is -2.12. The summed E-state index contributed by atoms with van der Waals surface area (Å²) in [4.78, 5) is 12.0. The lowest BCUT2D eigenvalue weighted by atomic mass is 10.1. The van der Waals surface area contributed by atoms with Crippen molar-refractivity contribution in [2.75, 3.05) is 5.32 Å². The number of rotatable bonds is 3.